The third kappa shape index (κ3) is 4.36. The first kappa shape index (κ1) is 17.6. The van der Waals surface area contributed by atoms with Crippen molar-refractivity contribution in [3.63, 3.8) is 0 Å². The molecule has 3 heterocycles. The number of aryl methyl sites for hydroxylation is 1. The zero-order valence-corrected chi connectivity index (χ0v) is 17.3. The van der Waals surface area contributed by atoms with Crippen LogP contribution in [0.15, 0.2) is 29.2 Å². The highest BCUT2D eigenvalue weighted by molar-refractivity contribution is 5.92. The minimum absolute atomic E-state index is 0.0944. The molecule has 0 aromatic carbocycles. The number of piperazine rings is 1. The van der Waals surface area contributed by atoms with E-state index in [1.165, 1.54) is 12.1 Å². The van der Waals surface area contributed by atoms with E-state index in [1.807, 2.05) is 11.8 Å². The number of amides is 1. The number of carbonyl (C=O) groups excluding carboxylic acids is 1. The SMILES string of the molecule is [2H]C([2H])([2H])NC(=O)c1ccc(N2CCN(C3C=C(c4ncc(CC)c(=O)[nH]4)CC3)CC2)c(F)n1. The molecule has 1 aliphatic carbocycles. The smallest absolute Gasteiger partial charge is 0.269 e. The minimum Gasteiger partial charge on any atom is -0.365 e. The van der Waals surface area contributed by atoms with Gasteiger partial charge in [0.2, 0.25) is 5.95 Å². The van der Waals surface area contributed by atoms with Crippen LogP contribution in [-0.4, -0.2) is 65.0 Å². The lowest BCUT2D eigenvalue weighted by molar-refractivity contribution is 0.0957. The molecular formula is C22H27FN6O2. The molecule has 9 heteroatoms. The molecule has 164 valence electrons. The van der Waals surface area contributed by atoms with Gasteiger partial charge < -0.3 is 15.2 Å². The molecule has 2 N–H and O–H groups in total. The van der Waals surface area contributed by atoms with Crippen molar-refractivity contribution >= 4 is 17.2 Å². The summed E-state index contributed by atoms with van der Waals surface area (Å²) >= 11 is 0. The predicted octanol–water partition coefficient (Wildman–Crippen LogP) is 1.59. The minimum atomic E-state index is -2.66. The van der Waals surface area contributed by atoms with E-state index in [0.29, 0.717) is 44.0 Å². The van der Waals surface area contributed by atoms with Crippen molar-refractivity contribution in [3.05, 3.63) is 57.8 Å². The maximum Gasteiger partial charge on any atom is 0.269 e. The van der Waals surface area contributed by atoms with E-state index in [1.54, 1.807) is 11.5 Å². The number of H-pyrrole nitrogens is 1. The van der Waals surface area contributed by atoms with Gasteiger partial charge in [0.15, 0.2) is 0 Å². The molecule has 2 aromatic rings. The van der Waals surface area contributed by atoms with Crippen LogP contribution in [0.1, 0.15) is 45.8 Å². The molecule has 1 aliphatic heterocycles. The number of hydrogen-bond acceptors (Lipinski definition) is 6. The van der Waals surface area contributed by atoms with Gasteiger partial charge in [0, 0.05) is 55.1 Å². The van der Waals surface area contributed by atoms with E-state index >= 15 is 0 Å². The van der Waals surface area contributed by atoms with Crippen LogP contribution in [0.4, 0.5) is 10.1 Å². The number of anilines is 1. The summed E-state index contributed by atoms with van der Waals surface area (Å²) < 4.78 is 35.9. The number of carbonyl (C=O) groups is 1. The first-order chi connectivity index (χ1) is 16.1. The van der Waals surface area contributed by atoms with E-state index in [9.17, 15) is 14.0 Å². The number of rotatable bonds is 5. The summed E-state index contributed by atoms with van der Waals surface area (Å²) in [7, 11) is 0. The number of pyridine rings is 1. The summed E-state index contributed by atoms with van der Waals surface area (Å²) in [5.74, 6) is -1.13. The molecule has 1 unspecified atom stereocenters. The van der Waals surface area contributed by atoms with Gasteiger partial charge in [-0.2, -0.15) is 4.39 Å². The second kappa shape index (κ2) is 8.97. The Kier molecular flexibility index (Phi) is 5.09. The van der Waals surface area contributed by atoms with Gasteiger partial charge in [-0.15, -0.1) is 0 Å². The van der Waals surface area contributed by atoms with Crippen LogP contribution in [0.5, 0.6) is 0 Å². The monoisotopic (exact) mass is 429 g/mol. The molecule has 2 aliphatic rings. The lowest BCUT2D eigenvalue weighted by Gasteiger charge is -2.38. The summed E-state index contributed by atoms with van der Waals surface area (Å²) in [5.41, 5.74) is 1.61. The quantitative estimate of drug-likeness (QED) is 0.701. The average Bonchev–Trinajstić information content (AvgIpc) is 3.28. The Bertz CT molecular complexity index is 1160. The van der Waals surface area contributed by atoms with Crippen LogP contribution in [0.2, 0.25) is 0 Å². The van der Waals surface area contributed by atoms with Gasteiger partial charge in [0.1, 0.15) is 11.5 Å². The van der Waals surface area contributed by atoms with Gasteiger partial charge in [-0.05, 0) is 37.0 Å². The highest BCUT2D eigenvalue weighted by Crippen LogP contribution is 2.29. The summed E-state index contributed by atoms with van der Waals surface area (Å²) in [6.45, 7) is 1.85. The molecule has 0 radical (unpaired) electrons. The van der Waals surface area contributed by atoms with Crippen molar-refractivity contribution < 1.29 is 13.3 Å². The van der Waals surface area contributed by atoms with Gasteiger partial charge in [-0.25, -0.2) is 9.97 Å². The van der Waals surface area contributed by atoms with Crippen molar-refractivity contribution in [1.82, 2.24) is 25.2 Å². The van der Waals surface area contributed by atoms with Crippen LogP contribution in [0, 0.1) is 5.95 Å². The number of nitrogens with one attached hydrogen (secondary N) is 2. The lowest BCUT2D eigenvalue weighted by Crippen LogP contribution is -2.49. The van der Waals surface area contributed by atoms with Crippen LogP contribution in [0.25, 0.3) is 5.57 Å². The largest absolute Gasteiger partial charge is 0.365 e. The first-order valence-corrected chi connectivity index (χ1v) is 10.4. The fourth-order valence-electron chi connectivity index (χ4n) is 4.17. The molecule has 1 amide bonds. The zero-order valence-electron chi connectivity index (χ0n) is 20.3. The number of allylic oxidation sites excluding steroid dienone is 1. The van der Waals surface area contributed by atoms with Crippen molar-refractivity contribution in [2.45, 2.75) is 32.2 Å². The summed E-state index contributed by atoms with van der Waals surface area (Å²) in [6, 6.07) is 3.01. The maximum atomic E-state index is 14.6. The zero-order chi connectivity index (χ0) is 24.5. The fourth-order valence-corrected chi connectivity index (χ4v) is 4.17. The Morgan fingerprint density at radius 3 is 2.84 bits per heavy atom. The highest BCUT2D eigenvalue weighted by Gasteiger charge is 2.28. The Hall–Kier alpha value is -3.07. The predicted molar refractivity (Wildman–Crippen MR) is 117 cm³/mol. The summed E-state index contributed by atoms with van der Waals surface area (Å²) in [6.07, 6.45) is 6.19. The number of halogens is 1. The molecule has 1 fully saturated rings. The van der Waals surface area contributed by atoms with Crippen LogP contribution >= 0.6 is 0 Å². The fraction of sp³-hybridized carbons (Fsp3) is 0.455. The molecule has 31 heavy (non-hydrogen) atoms. The number of hydrogen-bond donors (Lipinski definition) is 2. The Labute approximate surface area is 184 Å². The molecule has 1 atom stereocenters. The second-order valence-corrected chi connectivity index (χ2v) is 7.72. The lowest BCUT2D eigenvalue weighted by atomic mass is 10.2. The van der Waals surface area contributed by atoms with Gasteiger partial charge in [0.05, 0.1) is 5.69 Å². The summed E-state index contributed by atoms with van der Waals surface area (Å²) in [4.78, 5) is 39.2. The molecule has 2 aromatic heterocycles. The molecule has 8 nitrogen and oxygen atoms in total. The van der Waals surface area contributed by atoms with E-state index in [4.69, 9.17) is 4.11 Å². The van der Waals surface area contributed by atoms with E-state index in [-0.39, 0.29) is 23.0 Å². The molecule has 0 saturated carbocycles. The van der Waals surface area contributed by atoms with Crippen LogP contribution in [0.3, 0.4) is 0 Å². The van der Waals surface area contributed by atoms with Gasteiger partial charge in [0.25, 0.3) is 11.5 Å². The second-order valence-electron chi connectivity index (χ2n) is 7.72. The standard InChI is InChI=1S/C22H27FN6O2/c1-3-14-13-25-20(27-21(14)30)15-4-5-16(12-15)28-8-10-29(11-9-28)18-7-6-17(22(31)24-2)26-19(18)23/h6-7,12-13,16H,3-5,8-11H2,1-2H3,(H,24,31)(H,25,27,30)/i2D3. The topological polar surface area (TPSA) is 94.2 Å². The summed E-state index contributed by atoms with van der Waals surface area (Å²) in [5, 5.41) is 1.80. The van der Waals surface area contributed by atoms with Gasteiger partial charge in [-0.3, -0.25) is 14.5 Å². The molecule has 0 bridgehead atoms. The Morgan fingerprint density at radius 2 is 2.16 bits per heavy atom. The molecule has 0 spiro atoms. The van der Waals surface area contributed by atoms with Crippen LogP contribution < -0.4 is 15.8 Å². The third-order valence-electron chi connectivity index (χ3n) is 5.96. The highest BCUT2D eigenvalue weighted by atomic mass is 19.1. The first-order valence-electron chi connectivity index (χ1n) is 11.9. The Balaban J connectivity index is 1.38. The van der Waals surface area contributed by atoms with Gasteiger partial charge in [-0.1, -0.05) is 13.0 Å². The number of aromatic amines is 1. The molecule has 1 saturated heterocycles. The maximum absolute atomic E-state index is 14.6. The van der Waals surface area contributed by atoms with Crippen molar-refractivity contribution in [2.24, 2.45) is 0 Å². The van der Waals surface area contributed by atoms with Gasteiger partial charge >= 0.3 is 0 Å². The number of nitrogens with zero attached hydrogens (tertiary/aromatic N) is 4. The molecular weight excluding hydrogens is 399 g/mol. The Morgan fingerprint density at radius 1 is 1.35 bits per heavy atom. The van der Waals surface area contributed by atoms with Crippen molar-refractivity contribution in [3.8, 4) is 0 Å². The normalized spacial score (nSPS) is 21.2. The van der Waals surface area contributed by atoms with E-state index < -0.39 is 18.8 Å². The van der Waals surface area contributed by atoms with Crippen molar-refractivity contribution in [2.75, 3.05) is 38.1 Å². The van der Waals surface area contributed by atoms with Crippen LogP contribution in [-0.2, 0) is 6.42 Å². The van der Waals surface area contributed by atoms with Crippen molar-refractivity contribution in [1.29, 1.82) is 0 Å². The average molecular weight is 430 g/mol. The van der Waals surface area contributed by atoms with E-state index in [0.717, 1.165) is 18.4 Å². The number of aromatic nitrogens is 3. The third-order valence-corrected chi connectivity index (χ3v) is 5.96. The molecule has 4 rings (SSSR count). The van der Waals surface area contributed by atoms with E-state index in [2.05, 4.69) is 25.9 Å².